The van der Waals surface area contributed by atoms with Gasteiger partial charge in [-0.2, -0.15) is 0 Å². The number of carboxylic acids is 1. The highest BCUT2D eigenvalue weighted by atomic mass is 16.7. The van der Waals surface area contributed by atoms with Crippen LogP contribution < -0.4 is 0 Å². The van der Waals surface area contributed by atoms with E-state index in [1.165, 1.54) is 0 Å². The normalized spacial score (nSPS) is 47.6. The molecule has 3 N–H and O–H groups in total. The molecule has 0 radical (unpaired) electrons. The number of hydrogen-bond donors (Lipinski definition) is 3. The van der Waals surface area contributed by atoms with Crippen molar-refractivity contribution in [2.75, 3.05) is 19.8 Å². The van der Waals surface area contributed by atoms with Crippen molar-refractivity contribution in [2.24, 2.45) is 51.8 Å². The number of aliphatic carboxylic acids is 1. The average molecular weight is 661 g/mol. The number of aliphatic hydroxyl groups excluding tert-OH is 2. The van der Waals surface area contributed by atoms with Crippen LogP contribution in [-0.2, 0) is 33.3 Å². The summed E-state index contributed by atoms with van der Waals surface area (Å²) in [6.45, 7) is 2.17. The molecule has 13 unspecified atom stereocenters. The molecule has 0 amide bonds. The van der Waals surface area contributed by atoms with Gasteiger partial charge in [0.05, 0.1) is 22.3 Å². The van der Waals surface area contributed by atoms with Crippen LogP contribution in [0.1, 0.15) is 116 Å². The van der Waals surface area contributed by atoms with Crippen LogP contribution in [0.2, 0.25) is 0 Å². The second-order valence-electron chi connectivity index (χ2n) is 17.4. The Bertz CT molecular complexity index is 1170. The third-order valence-electron chi connectivity index (χ3n) is 13.7. The number of esters is 2. The minimum absolute atomic E-state index is 0.0308. The molecule has 7 aliphatic rings. The molecule has 0 aromatic heterocycles. The minimum atomic E-state index is -0.763. The third-order valence-corrected chi connectivity index (χ3v) is 13.7. The summed E-state index contributed by atoms with van der Waals surface area (Å²) >= 11 is 0. The summed E-state index contributed by atoms with van der Waals surface area (Å²) in [5.74, 6) is 0.149. The molecule has 10 heteroatoms. The largest absolute Gasteiger partial charge is 0.481 e. The zero-order valence-corrected chi connectivity index (χ0v) is 28.1. The van der Waals surface area contributed by atoms with Crippen LogP contribution in [0.25, 0.3) is 0 Å². The van der Waals surface area contributed by atoms with Gasteiger partial charge in [-0.3, -0.25) is 14.4 Å². The van der Waals surface area contributed by atoms with Gasteiger partial charge >= 0.3 is 17.9 Å². The number of carboxylic acid groups (broad SMARTS) is 1. The van der Waals surface area contributed by atoms with E-state index < -0.39 is 46.8 Å². The number of fused-ring (bicyclic) bond motifs is 6. The van der Waals surface area contributed by atoms with E-state index in [1.54, 1.807) is 0 Å². The fourth-order valence-electron chi connectivity index (χ4n) is 12.0. The summed E-state index contributed by atoms with van der Waals surface area (Å²) in [7, 11) is 0. The van der Waals surface area contributed by atoms with Gasteiger partial charge in [-0.1, -0.05) is 32.6 Å². The van der Waals surface area contributed by atoms with Crippen LogP contribution >= 0.6 is 0 Å². The highest BCUT2D eigenvalue weighted by molar-refractivity contribution is 5.78. The summed E-state index contributed by atoms with van der Waals surface area (Å²) in [5, 5.41) is 30.8. The molecule has 1 saturated heterocycles. The maximum Gasteiger partial charge on any atom is 0.312 e. The lowest BCUT2D eigenvalue weighted by molar-refractivity contribution is -0.177. The highest BCUT2D eigenvalue weighted by Crippen LogP contribution is 2.55. The first-order valence-electron chi connectivity index (χ1n) is 18.7. The van der Waals surface area contributed by atoms with Crippen molar-refractivity contribution in [3.63, 3.8) is 0 Å². The maximum atomic E-state index is 13.8. The van der Waals surface area contributed by atoms with Crippen molar-refractivity contribution in [1.29, 1.82) is 0 Å². The van der Waals surface area contributed by atoms with Gasteiger partial charge in [0.1, 0.15) is 25.4 Å². The smallest absolute Gasteiger partial charge is 0.312 e. The van der Waals surface area contributed by atoms with Gasteiger partial charge in [-0.05, 0) is 113 Å². The van der Waals surface area contributed by atoms with E-state index in [1.807, 2.05) is 0 Å². The van der Waals surface area contributed by atoms with Crippen molar-refractivity contribution < 1.29 is 48.7 Å². The average Bonchev–Trinajstić information content (AvgIpc) is 3.44. The first kappa shape index (κ1) is 33.7. The first-order valence-corrected chi connectivity index (χ1v) is 18.7. The Balaban J connectivity index is 1.05. The minimum Gasteiger partial charge on any atom is -0.481 e. The topological polar surface area (TPSA) is 149 Å². The first-order chi connectivity index (χ1) is 22.5. The number of rotatable bonds is 9. The molecule has 1 aliphatic heterocycles. The molecule has 6 saturated carbocycles. The van der Waals surface area contributed by atoms with Gasteiger partial charge < -0.3 is 34.3 Å². The van der Waals surface area contributed by atoms with Crippen LogP contribution in [0.4, 0.5) is 0 Å². The standard InChI is InChI=1S/C37H56O10/c1-22-8-25-11-28(39)18-37(12-22,15-25)34(43)45-21-30-29(20-44-33(42)36-7-3-4-23(14-36)9-26(16-36)19-38)46-31(47-30)27-10-24-5-2-6-35(13-24,17-27)32(40)41/h22-31,38-39H,2-21H2,1H3,(H,40,41). The van der Waals surface area contributed by atoms with Crippen molar-refractivity contribution >= 4 is 17.9 Å². The van der Waals surface area contributed by atoms with Crippen LogP contribution in [0.3, 0.4) is 0 Å². The van der Waals surface area contributed by atoms with Crippen molar-refractivity contribution in [1.82, 2.24) is 0 Å². The molecule has 0 spiro atoms. The monoisotopic (exact) mass is 660 g/mol. The summed E-state index contributed by atoms with van der Waals surface area (Å²) < 4.78 is 25.1. The van der Waals surface area contributed by atoms with Crippen molar-refractivity contribution in [3.8, 4) is 0 Å². The van der Waals surface area contributed by atoms with Crippen LogP contribution in [0, 0.1) is 51.8 Å². The predicted molar refractivity (Wildman–Crippen MR) is 169 cm³/mol. The molecule has 6 bridgehead atoms. The van der Waals surface area contributed by atoms with Crippen LogP contribution in [0.5, 0.6) is 0 Å². The fourth-order valence-corrected chi connectivity index (χ4v) is 12.0. The Kier molecular flexibility index (Phi) is 9.46. The Hall–Kier alpha value is -1.75. The lowest BCUT2D eigenvalue weighted by Gasteiger charge is -2.47. The molecule has 264 valence electrons. The van der Waals surface area contributed by atoms with E-state index in [0.717, 1.165) is 70.6 Å². The van der Waals surface area contributed by atoms with Crippen molar-refractivity contribution in [3.05, 3.63) is 0 Å². The fraction of sp³-hybridized carbons (Fsp3) is 0.919. The molecule has 0 aromatic carbocycles. The highest BCUT2D eigenvalue weighted by Gasteiger charge is 2.55. The number of aliphatic hydroxyl groups is 2. The SMILES string of the molecule is CC1CC2CC(O)CC(C(=O)OCC3OC(C4CC5CCCC(C(=O)O)(C5)C4)OC3COC(=O)C34CCCC(CC(CO)C3)C4)(C1)C2. The molecule has 6 aliphatic carbocycles. The summed E-state index contributed by atoms with van der Waals surface area (Å²) in [6, 6.07) is 0. The molecule has 7 fully saturated rings. The Morgan fingerprint density at radius 3 is 2.02 bits per heavy atom. The lowest BCUT2D eigenvalue weighted by atomic mass is 9.58. The Morgan fingerprint density at radius 2 is 1.34 bits per heavy atom. The van der Waals surface area contributed by atoms with Crippen LogP contribution in [-0.4, -0.2) is 77.7 Å². The number of hydrogen-bond acceptors (Lipinski definition) is 9. The van der Waals surface area contributed by atoms with Gasteiger partial charge in [-0.15, -0.1) is 0 Å². The van der Waals surface area contributed by atoms with E-state index in [-0.39, 0.29) is 43.6 Å². The predicted octanol–water partition coefficient (Wildman–Crippen LogP) is 5.01. The third kappa shape index (κ3) is 6.62. The molecule has 0 aromatic rings. The van der Waals surface area contributed by atoms with E-state index in [4.69, 9.17) is 18.9 Å². The zero-order chi connectivity index (χ0) is 33.0. The maximum absolute atomic E-state index is 13.8. The van der Waals surface area contributed by atoms with E-state index in [9.17, 15) is 29.7 Å². The quantitative estimate of drug-likeness (QED) is 0.288. The number of ether oxygens (including phenoxy) is 4. The number of carbonyl (C=O) groups excluding carboxylic acids is 2. The molecule has 10 nitrogen and oxygen atoms in total. The summed E-state index contributed by atoms with van der Waals surface area (Å²) in [4.78, 5) is 40.0. The summed E-state index contributed by atoms with van der Waals surface area (Å²) in [6.07, 6.45) is 10.9. The Morgan fingerprint density at radius 1 is 0.723 bits per heavy atom. The molecular formula is C37H56O10. The van der Waals surface area contributed by atoms with Crippen molar-refractivity contribution in [2.45, 2.75) is 141 Å². The van der Waals surface area contributed by atoms with Gasteiger partial charge in [0.15, 0.2) is 6.29 Å². The van der Waals surface area contributed by atoms with Gasteiger partial charge in [-0.25, -0.2) is 0 Å². The number of carbonyl (C=O) groups is 3. The van der Waals surface area contributed by atoms with Crippen LogP contribution in [0.15, 0.2) is 0 Å². The summed E-state index contributed by atoms with van der Waals surface area (Å²) in [5.41, 5.74) is -2.04. The van der Waals surface area contributed by atoms with Gasteiger partial charge in [0.25, 0.3) is 0 Å². The van der Waals surface area contributed by atoms with E-state index in [0.29, 0.717) is 62.2 Å². The zero-order valence-electron chi connectivity index (χ0n) is 28.1. The van der Waals surface area contributed by atoms with E-state index in [2.05, 4.69) is 6.92 Å². The van der Waals surface area contributed by atoms with Gasteiger partial charge in [0.2, 0.25) is 0 Å². The Labute approximate surface area is 278 Å². The molecule has 13 atom stereocenters. The molecule has 1 heterocycles. The second-order valence-corrected chi connectivity index (χ2v) is 17.4. The molecular weight excluding hydrogens is 604 g/mol. The molecule has 7 rings (SSSR count). The lowest BCUT2D eigenvalue weighted by Crippen LogP contribution is -2.48. The molecule has 47 heavy (non-hydrogen) atoms. The second kappa shape index (κ2) is 13.2. The van der Waals surface area contributed by atoms with E-state index >= 15 is 0 Å². The van der Waals surface area contributed by atoms with Gasteiger partial charge in [0, 0.05) is 12.5 Å².